The number of carboxylic acids is 1. The van der Waals surface area contributed by atoms with Gasteiger partial charge in [0.25, 0.3) is 0 Å². The fourth-order valence-corrected chi connectivity index (χ4v) is 2.65. The van der Waals surface area contributed by atoms with Crippen molar-refractivity contribution in [3.8, 4) is 5.75 Å². The molecule has 0 aliphatic rings. The van der Waals surface area contributed by atoms with Gasteiger partial charge >= 0.3 is 5.97 Å². The van der Waals surface area contributed by atoms with E-state index in [1.165, 1.54) is 32.2 Å². The average Bonchev–Trinajstić information content (AvgIpc) is 2.61. The molecule has 2 N–H and O–H groups in total. The molecule has 0 unspecified atom stereocenters. The van der Waals surface area contributed by atoms with E-state index in [2.05, 4.69) is 5.32 Å². The number of aryl methyl sites for hydroxylation is 1. The number of halogens is 1. The molecule has 0 spiro atoms. The van der Waals surface area contributed by atoms with E-state index in [4.69, 9.17) is 4.74 Å². The molecule has 0 radical (unpaired) electrons. The summed E-state index contributed by atoms with van der Waals surface area (Å²) in [5.74, 6) is -2.39. The summed E-state index contributed by atoms with van der Waals surface area (Å²) in [5, 5.41) is 12.2. The third-order valence-corrected chi connectivity index (χ3v) is 3.81. The van der Waals surface area contributed by atoms with E-state index in [1.54, 1.807) is 0 Å². The molecule has 0 saturated carbocycles. The van der Waals surface area contributed by atoms with Gasteiger partial charge in [0.1, 0.15) is 0 Å². The Morgan fingerprint density at radius 1 is 1.12 bits per heavy atom. The van der Waals surface area contributed by atoms with E-state index >= 15 is 0 Å². The van der Waals surface area contributed by atoms with Crippen molar-refractivity contribution in [3.05, 3.63) is 71.0 Å². The van der Waals surface area contributed by atoms with Gasteiger partial charge in [0, 0.05) is 12.5 Å². The molecule has 5 nitrogen and oxygen atoms in total. The maximum Gasteiger partial charge on any atom is 0.333 e. The number of methoxy groups -OCH3 is 1. The normalized spacial score (nSPS) is 11.5. The van der Waals surface area contributed by atoms with Gasteiger partial charge in [-0.25, -0.2) is 9.18 Å². The Bertz CT molecular complexity index is 831. The molecule has 0 atom stereocenters. The minimum Gasteiger partial charge on any atom is -0.493 e. The molecular weight excluding hydrogens is 337 g/mol. The van der Waals surface area contributed by atoms with Crippen molar-refractivity contribution in [2.24, 2.45) is 0 Å². The molecule has 0 heterocycles. The van der Waals surface area contributed by atoms with Crippen LogP contribution in [0.2, 0.25) is 0 Å². The topological polar surface area (TPSA) is 75.6 Å². The zero-order valence-electron chi connectivity index (χ0n) is 14.6. The fourth-order valence-electron chi connectivity index (χ4n) is 2.65. The van der Waals surface area contributed by atoms with Crippen LogP contribution in [0.15, 0.2) is 54.1 Å². The Morgan fingerprint density at radius 3 is 2.38 bits per heavy atom. The zero-order chi connectivity index (χ0) is 19.1. The van der Waals surface area contributed by atoms with E-state index in [-0.39, 0.29) is 29.0 Å². The van der Waals surface area contributed by atoms with Gasteiger partial charge in [-0.2, -0.15) is 0 Å². The first-order valence-electron chi connectivity index (χ1n) is 8.05. The van der Waals surface area contributed by atoms with Gasteiger partial charge in [0.15, 0.2) is 11.6 Å². The molecule has 0 bridgehead atoms. The lowest BCUT2D eigenvalue weighted by molar-refractivity contribution is -0.132. The number of amides is 1. The summed E-state index contributed by atoms with van der Waals surface area (Å²) in [4.78, 5) is 23.5. The van der Waals surface area contributed by atoms with Crippen LogP contribution in [0.25, 0.3) is 5.70 Å². The summed E-state index contributed by atoms with van der Waals surface area (Å²) in [6, 6.07) is 13.5. The van der Waals surface area contributed by atoms with Crippen LogP contribution in [0.4, 0.5) is 4.39 Å². The predicted octanol–water partition coefficient (Wildman–Crippen LogP) is 3.40. The van der Waals surface area contributed by atoms with E-state index in [9.17, 15) is 19.1 Å². The first-order chi connectivity index (χ1) is 12.4. The molecule has 26 heavy (non-hydrogen) atoms. The summed E-state index contributed by atoms with van der Waals surface area (Å²) >= 11 is 0. The van der Waals surface area contributed by atoms with Crippen molar-refractivity contribution in [1.29, 1.82) is 0 Å². The first kappa shape index (κ1) is 19.2. The van der Waals surface area contributed by atoms with E-state index in [1.807, 2.05) is 30.3 Å². The van der Waals surface area contributed by atoms with Crippen molar-refractivity contribution in [2.75, 3.05) is 7.11 Å². The van der Waals surface area contributed by atoms with E-state index in [0.717, 1.165) is 5.56 Å². The van der Waals surface area contributed by atoms with Gasteiger partial charge in [0.2, 0.25) is 5.91 Å². The number of rotatable bonds is 7. The number of aliphatic carboxylic acids is 1. The molecule has 2 aromatic rings. The number of hydrogen-bond acceptors (Lipinski definition) is 3. The number of ether oxygens (including phenoxy) is 1. The van der Waals surface area contributed by atoms with Crippen LogP contribution >= 0.6 is 0 Å². The standard InChI is InChI=1S/C20H20FNO4/c1-13(23)22-18(15-9-6-10-17(21)19(15)26-2)16(20(24)25)12-11-14-7-4-3-5-8-14/h3-10H,11-12H2,1-2H3,(H,22,23)(H,24,25)/b18-16+. The Labute approximate surface area is 151 Å². The molecule has 0 aliphatic heterocycles. The molecule has 136 valence electrons. The van der Waals surface area contributed by atoms with Crippen molar-refractivity contribution >= 4 is 17.6 Å². The SMILES string of the molecule is COc1c(F)cccc1/C(NC(C)=O)=C(/CCc1ccccc1)C(=O)O. The Hall–Kier alpha value is -3.15. The monoisotopic (exact) mass is 357 g/mol. The second-order valence-electron chi connectivity index (χ2n) is 5.65. The van der Waals surface area contributed by atoms with Gasteiger partial charge in [-0.3, -0.25) is 4.79 Å². The second-order valence-corrected chi connectivity index (χ2v) is 5.65. The Morgan fingerprint density at radius 2 is 1.81 bits per heavy atom. The van der Waals surface area contributed by atoms with Crippen LogP contribution in [0.5, 0.6) is 5.75 Å². The molecule has 2 rings (SSSR count). The fraction of sp³-hybridized carbons (Fsp3) is 0.200. The van der Waals surface area contributed by atoms with Crippen molar-refractivity contribution in [3.63, 3.8) is 0 Å². The van der Waals surface area contributed by atoms with Gasteiger partial charge in [-0.1, -0.05) is 36.4 Å². The van der Waals surface area contributed by atoms with Crippen molar-refractivity contribution in [1.82, 2.24) is 5.32 Å². The van der Waals surface area contributed by atoms with Crippen LogP contribution in [-0.4, -0.2) is 24.1 Å². The van der Waals surface area contributed by atoms with Crippen LogP contribution in [0.3, 0.4) is 0 Å². The lowest BCUT2D eigenvalue weighted by Gasteiger charge is -2.17. The average molecular weight is 357 g/mol. The van der Waals surface area contributed by atoms with Gasteiger partial charge in [-0.05, 0) is 30.5 Å². The number of carbonyl (C=O) groups excluding carboxylic acids is 1. The molecule has 0 fully saturated rings. The van der Waals surface area contributed by atoms with Crippen molar-refractivity contribution < 1.29 is 23.8 Å². The zero-order valence-corrected chi connectivity index (χ0v) is 14.6. The Kier molecular flexibility index (Phi) is 6.49. The number of benzene rings is 2. The minimum absolute atomic E-state index is 0.0204. The lowest BCUT2D eigenvalue weighted by atomic mass is 9.98. The number of para-hydroxylation sites is 1. The Balaban J connectivity index is 2.53. The van der Waals surface area contributed by atoms with Crippen molar-refractivity contribution in [2.45, 2.75) is 19.8 Å². The van der Waals surface area contributed by atoms with Crippen LogP contribution in [0, 0.1) is 5.82 Å². The van der Waals surface area contributed by atoms with Crippen LogP contribution < -0.4 is 10.1 Å². The molecule has 6 heteroatoms. The number of nitrogens with one attached hydrogen (secondary N) is 1. The predicted molar refractivity (Wildman–Crippen MR) is 96.1 cm³/mol. The molecule has 0 aromatic heterocycles. The lowest BCUT2D eigenvalue weighted by Crippen LogP contribution is -2.23. The quantitative estimate of drug-likeness (QED) is 0.745. The molecule has 1 amide bonds. The van der Waals surface area contributed by atoms with Gasteiger partial charge in [0.05, 0.1) is 18.4 Å². The summed E-state index contributed by atoms with van der Waals surface area (Å²) in [7, 11) is 1.29. The summed E-state index contributed by atoms with van der Waals surface area (Å²) in [6.07, 6.45) is 0.623. The summed E-state index contributed by atoms with van der Waals surface area (Å²) < 4.78 is 19.1. The molecular formula is C20H20FNO4. The minimum atomic E-state index is -1.18. The number of carboxylic acid groups (broad SMARTS) is 1. The second kappa shape index (κ2) is 8.80. The van der Waals surface area contributed by atoms with Gasteiger partial charge in [-0.15, -0.1) is 0 Å². The maximum absolute atomic E-state index is 14.1. The maximum atomic E-state index is 14.1. The largest absolute Gasteiger partial charge is 0.493 e. The van der Waals surface area contributed by atoms with Crippen LogP contribution in [0.1, 0.15) is 24.5 Å². The molecule has 0 aliphatic carbocycles. The highest BCUT2D eigenvalue weighted by Crippen LogP contribution is 2.30. The molecule has 0 saturated heterocycles. The van der Waals surface area contributed by atoms with Crippen LogP contribution in [-0.2, 0) is 16.0 Å². The highest BCUT2D eigenvalue weighted by Gasteiger charge is 2.21. The third kappa shape index (κ3) is 4.69. The van der Waals surface area contributed by atoms with E-state index in [0.29, 0.717) is 6.42 Å². The number of hydrogen-bond donors (Lipinski definition) is 2. The summed E-state index contributed by atoms with van der Waals surface area (Å²) in [5.41, 5.74) is 1.16. The highest BCUT2D eigenvalue weighted by atomic mass is 19.1. The smallest absolute Gasteiger partial charge is 0.333 e. The van der Waals surface area contributed by atoms with Gasteiger partial charge < -0.3 is 15.2 Å². The third-order valence-electron chi connectivity index (χ3n) is 3.81. The highest BCUT2D eigenvalue weighted by molar-refractivity contribution is 6.00. The molecule has 2 aromatic carbocycles. The van der Waals surface area contributed by atoms with E-state index < -0.39 is 17.7 Å². The number of carbonyl (C=O) groups is 2. The first-order valence-corrected chi connectivity index (χ1v) is 8.05. The summed E-state index contributed by atoms with van der Waals surface area (Å²) in [6.45, 7) is 1.27.